The van der Waals surface area contributed by atoms with Gasteiger partial charge in [-0.15, -0.1) is 0 Å². The lowest BCUT2D eigenvalue weighted by molar-refractivity contribution is -0.120. The summed E-state index contributed by atoms with van der Waals surface area (Å²) in [5.41, 5.74) is 1.50. The summed E-state index contributed by atoms with van der Waals surface area (Å²) in [5.74, 6) is -0.108. The predicted molar refractivity (Wildman–Crippen MR) is 111 cm³/mol. The van der Waals surface area contributed by atoms with E-state index in [-0.39, 0.29) is 17.3 Å². The Kier molecular flexibility index (Phi) is 5.48. The molecule has 1 amide bonds. The Balaban J connectivity index is 1.55. The minimum Gasteiger partial charge on any atom is -0.495 e. The fourth-order valence-electron chi connectivity index (χ4n) is 3.49. The molecule has 3 aromatic rings. The van der Waals surface area contributed by atoms with Crippen LogP contribution in [0.5, 0.6) is 5.75 Å². The number of methoxy groups -OCH3 is 1. The molecule has 0 aliphatic carbocycles. The monoisotopic (exact) mass is 432 g/mol. The van der Waals surface area contributed by atoms with E-state index in [9.17, 15) is 13.2 Å². The Morgan fingerprint density at radius 3 is 2.86 bits per heavy atom. The lowest BCUT2D eigenvalue weighted by Crippen LogP contribution is -2.43. The van der Waals surface area contributed by atoms with Gasteiger partial charge in [0, 0.05) is 13.1 Å². The van der Waals surface area contributed by atoms with Gasteiger partial charge in [0.1, 0.15) is 21.7 Å². The molecule has 0 unspecified atom stereocenters. The number of para-hydroxylation sites is 2. The van der Waals surface area contributed by atoms with Crippen LogP contribution in [0.25, 0.3) is 11.0 Å². The molecule has 10 heteroatoms. The van der Waals surface area contributed by atoms with Crippen molar-refractivity contribution in [1.29, 1.82) is 0 Å². The minimum absolute atomic E-state index is 0.122. The minimum atomic E-state index is -3.78. The summed E-state index contributed by atoms with van der Waals surface area (Å²) in [7, 11) is -2.24. The molecule has 0 bridgehead atoms. The first-order valence-corrected chi connectivity index (χ1v) is 11.3. The number of aromatic nitrogens is 2. The highest BCUT2D eigenvalue weighted by Crippen LogP contribution is 2.29. The molecule has 0 radical (unpaired) electrons. The number of piperidine rings is 1. The van der Waals surface area contributed by atoms with Crippen LogP contribution in [0.1, 0.15) is 12.8 Å². The number of nitrogens with one attached hydrogen (secondary N) is 1. The molecule has 1 saturated heterocycles. The van der Waals surface area contributed by atoms with Crippen LogP contribution in [0.2, 0.25) is 0 Å². The van der Waals surface area contributed by atoms with Crippen molar-refractivity contribution in [2.45, 2.75) is 17.7 Å². The van der Waals surface area contributed by atoms with Crippen LogP contribution < -0.4 is 10.1 Å². The van der Waals surface area contributed by atoms with E-state index in [1.807, 2.05) is 6.07 Å². The zero-order valence-electron chi connectivity index (χ0n) is 15.7. The van der Waals surface area contributed by atoms with E-state index in [1.165, 1.54) is 17.5 Å². The normalized spacial score (nSPS) is 17.9. The Morgan fingerprint density at radius 1 is 1.21 bits per heavy atom. The van der Waals surface area contributed by atoms with Crippen molar-refractivity contribution in [2.24, 2.45) is 5.92 Å². The number of carbonyl (C=O) groups is 1. The molecule has 1 fully saturated rings. The van der Waals surface area contributed by atoms with Crippen LogP contribution in [-0.2, 0) is 14.8 Å². The molecule has 152 valence electrons. The summed E-state index contributed by atoms with van der Waals surface area (Å²) in [6, 6.07) is 12.1. The van der Waals surface area contributed by atoms with Crippen molar-refractivity contribution >= 4 is 44.4 Å². The maximum absolute atomic E-state index is 13.2. The van der Waals surface area contributed by atoms with E-state index in [4.69, 9.17) is 4.74 Å². The number of hydrogen-bond acceptors (Lipinski definition) is 7. The second-order valence-electron chi connectivity index (χ2n) is 6.78. The van der Waals surface area contributed by atoms with Crippen molar-refractivity contribution in [3.05, 3.63) is 42.5 Å². The van der Waals surface area contributed by atoms with Crippen LogP contribution in [0.3, 0.4) is 0 Å². The van der Waals surface area contributed by atoms with E-state index >= 15 is 0 Å². The molecule has 29 heavy (non-hydrogen) atoms. The fourth-order valence-corrected chi connectivity index (χ4v) is 5.76. The number of nitrogens with zero attached hydrogens (tertiary/aromatic N) is 3. The molecule has 1 aliphatic heterocycles. The molecule has 2 aromatic carbocycles. The molecule has 0 spiro atoms. The fraction of sp³-hybridized carbons (Fsp3) is 0.316. The van der Waals surface area contributed by atoms with Gasteiger partial charge in [-0.25, -0.2) is 8.42 Å². The number of anilines is 1. The summed E-state index contributed by atoms with van der Waals surface area (Å²) in [6.07, 6.45) is 1.23. The number of fused-ring (bicyclic) bond motifs is 1. The third-order valence-corrected chi connectivity index (χ3v) is 7.43. The first kappa shape index (κ1) is 19.7. The molecule has 4 rings (SSSR count). The largest absolute Gasteiger partial charge is 0.495 e. The first-order chi connectivity index (χ1) is 14.0. The third-order valence-electron chi connectivity index (χ3n) is 4.99. The van der Waals surface area contributed by atoms with E-state index in [2.05, 4.69) is 14.1 Å². The SMILES string of the molecule is COc1ccccc1NC(=O)[C@H]1CCCN(S(=O)(=O)c2cccc3nsnc23)C1. The molecule has 1 aliphatic rings. The van der Waals surface area contributed by atoms with Crippen LogP contribution in [0.15, 0.2) is 47.4 Å². The van der Waals surface area contributed by atoms with Gasteiger partial charge in [-0.1, -0.05) is 18.2 Å². The average Bonchev–Trinajstić information content (AvgIpc) is 3.23. The van der Waals surface area contributed by atoms with Crippen molar-refractivity contribution in [1.82, 2.24) is 13.1 Å². The Bertz CT molecular complexity index is 1150. The lowest BCUT2D eigenvalue weighted by Gasteiger charge is -2.31. The molecule has 0 saturated carbocycles. The highest BCUT2D eigenvalue weighted by molar-refractivity contribution is 7.89. The van der Waals surface area contributed by atoms with Gasteiger partial charge >= 0.3 is 0 Å². The Morgan fingerprint density at radius 2 is 2.03 bits per heavy atom. The number of amides is 1. The number of sulfonamides is 1. The summed E-state index contributed by atoms with van der Waals surface area (Å²) >= 11 is 0.981. The number of hydrogen-bond donors (Lipinski definition) is 1. The van der Waals surface area contributed by atoms with E-state index < -0.39 is 15.9 Å². The van der Waals surface area contributed by atoms with Gasteiger partial charge < -0.3 is 10.1 Å². The summed E-state index contributed by atoms with van der Waals surface area (Å²) in [6.45, 7) is 0.492. The van der Waals surface area contributed by atoms with Crippen LogP contribution in [-0.4, -0.2) is 47.6 Å². The van der Waals surface area contributed by atoms with E-state index in [0.717, 1.165) is 11.7 Å². The predicted octanol–water partition coefficient (Wildman–Crippen LogP) is 2.74. The first-order valence-electron chi connectivity index (χ1n) is 9.16. The Labute approximate surface area is 172 Å². The highest BCUT2D eigenvalue weighted by atomic mass is 32.2. The standard InChI is InChI=1S/C19H20N4O4S2/c1-27-16-9-3-2-7-14(16)20-19(24)13-6-5-11-23(12-13)29(25,26)17-10-4-8-15-18(17)22-28-21-15/h2-4,7-10,13H,5-6,11-12H2,1H3,(H,20,24)/t13-/m0/s1. The zero-order valence-corrected chi connectivity index (χ0v) is 17.4. The van der Waals surface area contributed by atoms with Crippen LogP contribution in [0, 0.1) is 5.92 Å². The average molecular weight is 433 g/mol. The summed E-state index contributed by atoms with van der Waals surface area (Å²) in [5, 5.41) is 2.86. The number of rotatable bonds is 5. The molecule has 1 aromatic heterocycles. The van der Waals surface area contributed by atoms with Gasteiger partial charge in [-0.3, -0.25) is 4.79 Å². The lowest BCUT2D eigenvalue weighted by atomic mass is 9.98. The Hall–Kier alpha value is -2.56. The molecule has 1 atom stereocenters. The van der Waals surface area contributed by atoms with Gasteiger partial charge in [0.2, 0.25) is 15.9 Å². The number of benzene rings is 2. The maximum atomic E-state index is 13.2. The topological polar surface area (TPSA) is 101 Å². The van der Waals surface area contributed by atoms with Gasteiger partial charge in [0.15, 0.2) is 0 Å². The zero-order chi connectivity index (χ0) is 20.4. The summed E-state index contributed by atoms with van der Waals surface area (Å²) < 4.78 is 41.4. The van der Waals surface area contributed by atoms with E-state index in [1.54, 1.807) is 30.3 Å². The van der Waals surface area contributed by atoms with Crippen LogP contribution in [0.4, 0.5) is 5.69 Å². The number of ether oxygens (including phenoxy) is 1. The highest BCUT2D eigenvalue weighted by Gasteiger charge is 2.34. The molecular weight excluding hydrogens is 412 g/mol. The van der Waals surface area contributed by atoms with Crippen molar-refractivity contribution in [3.8, 4) is 5.75 Å². The molecule has 1 N–H and O–H groups in total. The molecule has 8 nitrogen and oxygen atoms in total. The second-order valence-corrected chi connectivity index (χ2v) is 9.21. The van der Waals surface area contributed by atoms with Crippen molar-refractivity contribution in [3.63, 3.8) is 0 Å². The van der Waals surface area contributed by atoms with Gasteiger partial charge in [-0.2, -0.15) is 13.1 Å². The van der Waals surface area contributed by atoms with Crippen LogP contribution >= 0.6 is 11.7 Å². The van der Waals surface area contributed by atoms with E-state index in [0.29, 0.717) is 41.9 Å². The molecular formula is C19H20N4O4S2. The maximum Gasteiger partial charge on any atom is 0.245 e. The second kappa shape index (κ2) is 8.05. The smallest absolute Gasteiger partial charge is 0.245 e. The van der Waals surface area contributed by atoms with Crippen molar-refractivity contribution in [2.75, 3.05) is 25.5 Å². The van der Waals surface area contributed by atoms with Gasteiger partial charge in [0.25, 0.3) is 0 Å². The molecule has 2 heterocycles. The van der Waals surface area contributed by atoms with Gasteiger partial charge in [0.05, 0.1) is 30.4 Å². The third kappa shape index (κ3) is 3.83. The summed E-state index contributed by atoms with van der Waals surface area (Å²) in [4.78, 5) is 12.9. The van der Waals surface area contributed by atoms with Crippen molar-refractivity contribution < 1.29 is 17.9 Å². The quantitative estimate of drug-likeness (QED) is 0.665. The number of carbonyl (C=O) groups excluding carboxylic acids is 1. The van der Waals surface area contributed by atoms with Gasteiger partial charge in [-0.05, 0) is 37.1 Å².